The molecule has 0 bridgehead atoms. The first kappa shape index (κ1) is 13.2. The summed E-state index contributed by atoms with van der Waals surface area (Å²) >= 11 is 0. The van der Waals surface area contributed by atoms with Gasteiger partial charge >= 0.3 is 5.97 Å². The van der Waals surface area contributed by atoms with E-state index in [1.54, 1.807) is 13.8 Å². The van der Waals surface area contributed by atoms with E-state index in [0.717, 1.165) is 0 Å². The van der Waals surface area contributed by atoms with Gasteiger partial charge in [0.25, 0.3) is 5.91 Å². The molecule has 1 amide bonds. The van der Waals surface area contributed by atoms with Crippen molar-refractivity contribution in [1.29, 1.82) is 0 Å². The Labute approximate surface area is 99.0 Å². The van der Waals surface area contributed by atoms with Gasteiger partial charge in [0.1, 0.15) is 11.3 Å². The van der Waals surface area contributed by atoms with Gasteiger partial charge < -0.3 is 14.9 Å². The van der Waals surface area contributed by atoms with E-state index in [1.807, 2.05) is 0 Å². The highest BCUT2D eigenvalue weighted by atomic mass is 16.5. The SMILES string of the molecule is Cc1oncc1C(=O)NCCCC(C)C(=O)O. The molecule has 6 nitrogen and oxygen atoms in total. The van der Waals surface area contributed by atoms with E-state index in [2.05, 4.69) is 10.5 Å². The molecule has 0 aliphatic rings. The molecular weight excluding hydrogens is 224 g/mol. The summed E-state index contributed by atoms with van der Waals surface area (Å²) in [5.74, 6) is -0.969. The smallest absolute Gasteiger partial charge is 0.306 e. The third kappa shape index (κ3) is 3.90. The number of hydrogen-bond acceptors (Lipinski definition) is 4. The van der Waals surface area contributed by atoms with E-state index >= 15 is 0 Å². The lowest BCUT2D eigenvalue weighted by atomic mass is 10.1. The first-order chi connectivity index (χ1) is 8.02. The number of hydrogen-bond donors (Lipinski definition) is 2. The van der Waals surface area contributed by atoms with Gasteiger partial charge in [-0.2, -0.15) is 0 Å². The van der Waals surface area contributed by atoms with Crippen LogP contribution in [-0.2, 0) is 4.79 Å². The van der Waals surface area contributed by atoms with E-state index in [-0.39, 0.29) is 11.8 Å². The summed E-state index contributed by atoms with van der Waals surface area (Å²) in [6.07, 6.45) is 2.53. The van der Waals surface area contributed by atoms with Gasteiger partial charge in [0.05, 0.1) is 12.1 Å². The molecule has 1 atom stereocenters. The number of carboxylic acids is 1. The molecular formula is C11H16N2O4. The maximum atomic E-state index is 11.6. The zero-order valence-corrected chi connectivity index (χ0v) is 9.90. The highest BCUT2D eigenvalue weighted by Gasteiger charge is 2.13. The molecule has 0 fully saturated rings. The lowest BCUT2D eigenvalue weighted by Crippen LogP contribution is -2.25. The van der Waals surface area contributed by atoms with Crippen LogP contribution in [0.3, 0.4) is 0 Å². The second kappa shape index (κ2) is 6.03. The van der Waals surface area contributed by atoms with E-state index in [1.165, 1.54) is 6.20 Å². The van der Waals surface area contributed by atoms with Crippen molar-refractivity contribution in [3.63, 3.8) is 0 Å². The maximum absolute atomic E-state index is 11.6. The Hall–Kier alpha value is -1.85. The van der Waals surface area contributed by atoms with Gasteiger partial charge in [-0.3, -0.25) is 9.59 Å². The molecule has 2 N–H and O–H groups in total. The molecule has 1 heterocycles. The second-order valence-electron chi connectivity index (χ2n) is 3.93. The molecule has 0 aromatic carbocycles. The molecule has 6 heteroatoms. The molecule has 0 radical (unpaired) electrons. The molecule has 0 saturated heterocycles. The van der Waals surface area contributed by atoms with Gasteiger partial charge in [0.15, 0.2) is 0 Å². The van der Waals surface area contributed by atoms with Crippen LogP contribution < -0.4 is 5.32 Å². The summed E-state index contributed by atoms with van der Waals surface area (Å²) in [5, 5.41) is 14.9. The maximum Gasteiger partial charge on any atom is 0.306 e. The number of aliphatic carboxylic acids is 1. The summed E-state index contributed by atoms with van der Waals surface area (Å²) in [4.78, 5) is 22.1. The van der Waals surface area contributed by atoms with Gasteiger partial charge in [-0.15, -0.1) is 0 Å². The minimum absolute atomic E-state index is 0.244. The monoisotopic (exact) mass is 240 g/mol. The lowest BCUT2D eigenvalue weighted by molar-refractivity contribution is -0.141. The van der Waals surface area contributed by atoms with Crippen LogP contribution in [0.4, 0.5) is 0 Å². The Morgan fingerprint density at radius 2 is 2.29 bits per heavy atom. The Kier molecular flexibility index (Phi) is 4.68. The van der Waals surface area contributed by atoms with Crippen molar-refractivity contribution >= 4 is 11.9 Å². The summed E-state index contributed by atoms with van der Waals surface area (Å²) < 4.78 is 4.77. The molecule has 0 aliphatic heterocycles. The molecule has 1 unspecified atom stereocenters. The largest absolute Gasteiger partial charge is 0.481 e. The standard InChI is InChI=1S/C11H16N2O4/c1-7(11(15)16)4-3-5-12-10(14)9-6-13-17-8(9)2/h6-7H,3-5H2,1-2H3,(H,12,14)(H,15,16). The van der Waals surface area contributed by atoms with Gasteiger partial charge in [0.2, 0.25) is 0 Å². The minimum atomic E-state index is -0.814. The number of nitrogens with one attached hydrogen (secondary N) is 1. The van der Waals surface area contributed by atoms with Gasteiger partial charge in [-0.25, -0.2) is 0 Å². The molecule has 0 spiro atoms. The Bertz CT molecular complexity index is 400. The second-order valence-corrected chi connectivity index (χ2v) is 3.93. The molecule has 1 rings (SSSR count). The zero-order chi connectivity index (χ0) is 12.8. The van der Waals surface area contributed by atoms with Crippen LogP contribution in [0.15, 0.2) is 10.7 Å². The highest BCUT2D eigenvalue weighted by Crippen LogP contribution is 2.07. The van der Waals surface area contributed by atoms with Crippen molar-refractivity contribution in [3.8, 4) is 0 Å². The van der Waals surface area contributed by atoms with Crippen LogP contribution in [-0.4, -0.2) is 28.7 Å². The number of aromatic nitrogens is 1. The predicted octanol–water partition coefficient (Wildman–Crippen LogP) is 1.21. The van der Waals surface area contributed by atoms with Crippen molar-refractivity contribution in [2.24, 2.45) is 5.92 Å². The number of carbonyl (C=O) groups is 2. The first-order valence-corrected chi connectivity index (χ1v) is 5.44. The fraction of sp³-hybridized carbons (Fsp3) is 0.545. The van der Waals surface area contributed by atoms with E-state index in [9.17, 15) is 9.59 Å². The van der Waals surface area contributed by atoms with Crippen molar-refractivity contribution in [2.45, 2.75) is 26.7 Å². The first-order valence-electron chi connectivity index (χ1n) is 5.44. The predicted molar refractivity (Wildman–Crippen MR) is 59.6 cm³/mol. The summed E-state index contributed by atoms with van der Waals surface area (Å²) in [6.45, 7) is 3.75. The minimum Gasteiger partial charge on any atom is -0.481 e. The average molecular weight is 240 g/mol. The molecule has 17 heavy (non-hydrogen) atoms. The van der Waals surface area contributed by atoms with Crippen molar-refractivity contribution in [3.05, 3.63) is 17.5 Å². The number of carboxylic acid groups (broad SMARTS) is 1. The Balaban J connectivity index is 2.26. The van der Waals surface area contributed by atoms with Gasteiger partial charge in [-0.05, 0) is 19.8 Å². The zero-order valence-electron chi connectivity index (χ0n) is 9.90. The van der Waals surface area contributed by atoms with Crippen molar-refractivity contribution in [1.82, 2.24) is 10.5 Å². The van der Waals surface area contributed by atoms with E-state index in [4.69, 9.17) is 9.63 Å². The fourth-order valence-electron chi connectivity index (χ4n) is 1.35. The highest BCUT2D eigenvalue weighted by molar-refractivity contribution is 5.94. The number of rotatable bonds is 6. The molecule has 0 aliphatic carbocycles. The number of amides is 1. The Morgan fingerprint density at radius 1 is 1.59 bits per heavy atom. The lowest BCUT2D eigenvalue weighted by Gasteiger charge is -2.06. The summed E-state index contributed by atoms with van der Waals surface area (Å²) in [6, 6.07) is 0. The van der Waals surface area contributed by atoms with Crippen LogP contribution in [0.2, 0.25) is 0 Å². The van der Waals surface area contributed by atoms with Crippen LogP contribution in [0.25, 0.3) is 0 Å². The molecule has 1 aromatic heterocycles. The summed E-state index contributed by atoms with van der Waals surface area (Å²) in [5.41, 5.74) is 0.413. The fourth-order valence-corrected chi connectivity index (χ4v) is 1.35. The Morgan fingerprint density at radius 3 is 2.82 bits per heavy atom. The van der Waals surface area contributed by atoms with Crippen molar-refractivity contribution < 1.29 is 19.2 Å². The third-order valence-electron chi connectivity index (χ3n) is 2.52. The topological polar surface area (TPSA) is 92.4 Å². The van der Waals surface area contributed by atoms with Gasteiger partial charge in [0, 0.05) is 6.54 Å². The molecule has 94 valence electrons. The number of carbonyl (C=O) groups excluding carboxylic acids is 1. The van der Waals surface area contributed by atoms with Crippen LogP contribution in [0, 0.1) is 12.8 Å². The average Bonchev–Trinajstić information content (AvgIpc) is 2.70. The quantitative estimate of drug-likeness (QED) is 0.729. The van der Waals surface area contributed by atoms with Crippen LogP contribution in [0.5, 0.6) is 0 Å². The van der Waals surface area contributed by atoms with Crippen molar-refractivity contribution in [2.75, 3.05) is 6.54 Å². The van der Waals surface area contributed by atoms with Crippen LogP contribution >= 0.6 is 0 Å². The van der Waals surface area contributed by atoms with E-state index < -0.39 is 5.97 Å². The van der Waals surface area contributed by atoms with Gasteiger partial charge in [-0.1, -0.05) is 12.1 Å². The summed E-state index contributed by atoms with van der Waals surface area (Å²) in [7, 11) is 0. The molecule has 0 saturated carbocycles. The number of nitrogens with zero attached hydrogens (tertiary/aromatic N) is 1. The van der Waals surface area contributed by atoms with Crippen LogP contribution in [0.1, 0.15) is 35.9 Å². The third-order valence-corrected chi connectivity index (χ3v) is 2.52. The normalized spacial score (nSPS) is 12.1. The molecule has 1 aromatic rings. The van der Waals surface area contributed by atoms with E-state index in [0.29, 0.717) is 30.7 Å². The number of aryl methyl sites for hydroxylation is 1.